The monoisotopic (exact) mass is 169 g/mol. The fourth-order valence-corrected chi connectivity index (χ4v) is 3.01. The number of carboxylic acid groups (broad SMARTS) is 1. The molecular weight excluding hydrogens is 154 g/mol. The van der Waals surface area contributed by atoms with E-state index >= 15 is 0 Å². The molecule has 2 aliphatic carbocycles. The third-order valence-electron chi connectivity index (χ3n) is 3.50. The highest BCUT2D eigenvalue weighted by Crippen LogP contribution is 2.46. The molecule has 0 radical (unpaired) electrons. The molecule has 0 bridgehead atoms. The zero-order valence-electron chi connectivity index (χ0n) is 7.07. The van der Waals surface area contributed by atoms with Crippen LogP contribution in [-0.2, 0) is 4.79 Å². The zero-order chi connectivity index (χ0) is 8.72. The Morgan fingerprint density at radius 3 is 2.83 bits per heavy atom. The lowest BCUT2D eigenvalue weighted by Crippen LogP contribution is -2.33. The van der Waals surface area contributed by atoms with Crippen molar-refractivity contribution in [3.05, 3.63) is 0 Å². The minimum atomic E-state index is -0.683. The molecule has 0 heterocycles. The van der Waals surface area contributed by atoms with E-state index in [1.54, 1.807) is 0 Å². The van der Waals surface area contributed by atoms with Gasteiger partial charge in [-0.1, -0.05) is 12.8 Å². The second-order valence-electron chi connectivity index (χ2n) is 4.12. The molecule has 4 atom stereocenters. The first kappa shape index (κ1) is 8.05. The Balaban J connectivity index is 2.15. The van der Waals surface area contributed by atoms with Crippen molar-refractivity contribution in [2.45, 2.75) is 31.7 Å². The van der Waals surface area contributed by atoms with E-state index in [-0.39, 0.29) is 12.0 Å². The van der Waals surface area contributed by atoms with Crippen LogP contribution in [0.5, 0.6) is 0 Å². The minimum absolute atomic E-state index is 0.0854. The molecule has 3 N–H and O–H groups in total. The molecule has 2 aliphatic rings. The second-order valence-corrected chi connectivity index (χ2v) is 4.12. The Bertz CT molecular complexity index is 205. The van der Waals surface area contributed by atoms with E-state index in [2.05, 4.69) is 0 Å². The van der Waals surface area contributed by atoms with Gasteiger partial charge in [-0.25, -0.2) is 0 Å². The highest BCUT2D eigenvalue weighted by Gasteiger charge is 2.47. The molecule has 3 nitrogen and oxygen atoms in total. The van der Waals surface area contributed by atoms with Crippen LogP contribution in [0.3, 0.4) is 0 Å². The van der Waals surface area contributed by atoms with Gasteiger partial charge in [0, 0.05) is 6.04 Å². The first-order chi connectivity index (χ1) is 5.70. The van der Waals surface area contributed by atoms with Crippen LogP contribution in [0.4, 0.5) is 0 Å². The molecule has 0 aromatic carbocycles. The van der Waals surface area contributed by atoms with Gasteiger partial charge in [0.25, 0.3) is 0 Å². The molecule has 0 aromatic heterocycles. The summed E-state index contributed by atoms with van der Waals surface area (Å²) in [5.41, 5.74) is 5.79. The zero-order valence-corrected chi connectivity index (χ0v) is 7.07. The smallest absolute Gasteiger partial charge is 0.308 e. The van der Waals surface area contributed by atoms with Crippen molar-refractivity contribution in [3.8, 4) is 0 Å². The Morgan fingerprint density at radius 2 is 2.17 bits per heavy atom. The lowest BCUT2D eigenvalue weighted by Gasteiger charge is -2.15. The SMILES string of the molecule is NC1CC2CCCC2[C@H]1C(=O)O. The summed E-state index contributed by atoms with van der Waals surface area (Å²) in [6.07, 6.45) is 4.41. The number of carbonyl (C=O) groups is 1. The van der Waals surface area contributed by atoms with Gasteiger partial charge in [0.15, 0.2) is 0 Å². The van der Waals surface area contributed by atoms with Crippen molar-refractivity contribution in [2.75, 3.05) is 0 Å². The van der Waals surface area contributed by atoms with Gasteiger partial charge >= 0.3 is 5.97 Å². The van der Waals surface area contributed by atoms with Gasteiger partial charge in [-0.15, -0.1) is 0 Å². The number of hydrogen-bond donors (Lipinski definition) is 2. The fraction of sp³-hybridized carbons (Fsp3) is 0.889. The molecular formula is C9H15NO2. The lowest BCUT2D eigenvalue weighted by molar-refractivity contribution is -0.143. The molecule has 3 unspecified atom stereocenters. The molecule has 2 saturated carbocycles. The molecule has 12 heavy (non-hydrogen) atoms. The highest BCUT2D eigenvalue weighted by molar-refractivity contribution is 5.72. The third kappa shape index (κ3) is 1.04. The summed E-state index contributed by atoms with van der Waals surface area (Å²) in [5.74, 6) is 0.0630. The highest BCUT2D eigenvalue weighted by atomic mass is 16.4. The molecule has 2 rings (SSSR count). The maximum Gasteiger partial charge on any atom is 0.308 e. The van der Waals surface area contributed by atoms with E-state index in [1.807, 2.05) is 0 Å². The number of hydrogen-bond acceptors (Lipinski definition) is 2. The van der Waals surface area contributed by atoms with E-state index in [9.17, 15) is 4.79 Å². The van der Waals surface area contributed by atoms with E-state index in [1.165, 1.54) is 12.8 Å². The third-order valence-corrected chi connectivity index (χ3v) is 3.50. The van der Waals surface area contributed by atoms with Gasteiger partial charge in [0.1, 0.15) is 0 Å². The normalized spacial score (nSPS) is 46.1. The van der Waals surface area contributed by atoms with Crippen LogP contribution in [0, 0.1) is 17.8 Å². The predicted octanol–water partition coefficient (Wildman–Crippen LogP) is 0.834. The van der Waals surface area contributed by atoms with Crippen LogP contribution in [0.1, 0.15) is 25.7 Å². The molecule has 0 aliphatic heterocycles. The summed E-state index contributed by atoms with van der Waals surface area (Å²) < 4.78 is 0. The number of carboxylic acids is 1. The van der Waals surface area contributed by atoms with E-state index < -0.39 is 5.97 Å². The van der Waals surface area contributed by atoms with Crippen molar-refractivity contribution in [3.63, 3.8) is 0 Å². The van der Waals surface area contributed by atoms with Crippen molar-refractivity contribution >= 4 is 5.97 Å². The Morgan fingerprint density at radius 1 is 1.42 bits per heavy atom. The first-order valence-electron chi connectivity index (χ1n) is 4.68. The van der Waals surface area contributed by atoms with Gasteiger partial charge in [0.2, 0.25) is 0 Å². The molecule has 2 fully saturated rings. The standard InChI is InChI=1S/C9H15NO2/c10-7-4-5-2-1-3-6(5)8(7)9(11)12/h5-8H,1-4,10H2,(H,11,12)/t5?,6?,7?,8-/m1/s1. The summed E-state index contributed by atoms with van der Waals surface area (Å²) in [6.45, 7) is 0. The van der Waals surface area contributed by atoms with Crippen LogP contribution in [0.2, 0.25) is 0 Å². The van der Waals surface area contributed by atoms with Crippen LogP contribution in [0.15, 0.2) is 0 Å². The maximum absolute atomic E-state index is 10.9. The largest absolute Gasteiger partial charge is 0.481 e. The Hall–Kier alpha value is -0.570. The lowest BCUT2D eigenvalue weighted by atomic mass is 9.91. The molecule has 68 valence electrons. The maximum atomic E-state index is 10.9. The molecule has 0 spiro atoms. The number of nitrogens with two attached hydrogens (primary N) is 1. The van der Waals surface area contributed by atoms with Gasteiger partial charge in [0.05, 0.1) is 5.92 Å². The van der Waals surface area contributed by atoms with E-state index in [4.69, 9.17) is 10.8 Å². The van der Waals surface area contributed by atoms with Crippen LogP contribution in [0.25, 0.3) is 0 Å². The van der Waals surface area contributed by atoms with Crippen LogP contribution in [-0.4, -0.2) is 17.1 Å². The quantitative estimate of drug-likeness (QED) is 0.611. The molecule has 0 amide bonds. The summed E-state index contributed by atoms with van der Waals surface area (Å²) in [4.78, 5) is 10.9. The minimum Gasteiger partial charge on any atom is -0.481 e. The number of rotatable bonds is 1. The Kier molecular flexibility index (Phi) is 1.83. The fourth-order valence-electron chi connectivity index (χ4n) is 3.01. The van der Waals surface area contributed by atoms with Gasteiger partial charge in [-0.3, -0.25) is 4.79 Å². The van der Waals surface area contributed by atoms with Crippen molar-refractivity contribution in [1.82, 2.24) is 0 Å². The molecule has 0 aromatic rings. The summed E-state index contributed by atoms with van der Waals surface area (Å²) in [6, 6.07) is -0.0854. The van der Waals surface area contributed by atoms with Crippen LogP contribution >= 0.6 is 0 Å². The number of aliphatic carboxylic acids is 1. The van der Waals surface area contributed by atoms with E-state index in [0.717, 1.165) is 12.8 Å². The predicted molar refractivity (Wildman–Crippen MR) is 44.5 cm³/mol. The molecule has 3 heteroatoms. The van der Waals surface area contributed by atoms with Crippen molar-refractivity contribution in [2.24, 2.45) is 23.5 Å². The topological polar surface area (TPSA) is 63.3 Å². The molecule has 0 saturated heterocycles. The average Bonchev–Trinajstić information content (AvgIpc) is 2.44. The second kappa shape index (κ2) is 2.73. The van der Waals surface area contributed by atoms with E-state index in [0.29, 0.717) is 11.8 Å². The first-order valence-corrected chi connectivity index (χ1v) is 4.68. The number of fused-ring (bicyclic) bond motifs is 1. The van der Waals surface area contributed by atoms with Gasteiger partial charge < -0.3 is 10.8 Å². The van der Waals surface area contributed by atoms with Crippen molar-refractivity contribution in [1.29, 1.82) is 0 Å². The summed E-state index contributed by atoms with van der Waals surface area (Å²) in [7, 11) is 0. The van der Waals surface area contributed by atoms with Gasteiger partial charge in [-0.05, 0) is 24.7 Å². The summed E-state index contributed by atoms with van der Waals surface area (Å²) >= 11 is 0. The van der Waals surface area contributed by atoms with Crippen molar-refractivity contribution < 1.29 is 9.90 Å². The Labute approximate surface area is 71.9 Å². The average molecular weight is 169 g/mol. The summed E-state index contributed by atoms with van der Waals surface area (Å²) in [5, 5.41) is 8.95. The van der Waals surface area contributed by atoms with Gasteiger partial charge in [-0.2, -0.15) is 0 Å². The van der Waals surface area contributed by atoms with Crippen LogP contribution < -0.4 is 5.73 Å².